The molecular formula is C16H21BrN2O4. The minimum absolute atomic E-state index is 0.0175. The Morgan fingerprint density at radius 3 is 2.91 bits per heavy atom. The highest BCUT2D eigenvalue weighted by Crippen LogP contribution is 2.18. The van der Waals surface area contributed by atoms with Gasteiger partial charge in [0.2, 0.25) is 0 Å². The Kier molecular flexibility index (Phi) is 6.53. The van der Waals surface area contributed by atoms with Crippen LogP contribution in [0.15, 0.2) is 22.9 Å². The van der Waals surface area contributed by atoms with E-state index in [4.69, 9.17) is 9.47 Å². The molecular weight excluding hydrogens is 364 g/mol. The van der Waals surface area contributed by atoms with Crippen LogP contribution in [-0.4, -0.2) is 54.7 Å². The van der Waals surface area contributed by atoms with Crippen molar-refractivity contribution in [1.82, 2.24) is 9.88 Å². The summed E-state index contributed by atoms with van der Waals surface area (Å²) in [6.45, 7) is 3.23. The third-order valence-corrected chi connectivity index (χ3v) is 4.22. The van der Waals surface area contributed by atoms with Gasteiger partial charge in [0, 0.05) is 36.6 Å². The molecule has 2 atom stereocenters. The summed E-state index contributed by atoms with van der Waals surface area (Å²) >= 11 is 3.32. The first-order valence-electron chi connectivity index (χ1n) is 7.60. The number of carbonyl (C=O) groups is 2. The van der Waals surface area contributed by atoms with E-state index in [1.807, 2.05) is 0 Å². The van der Waals surface area contributed by atoms with Crippen LogP contribution in [-0.2, 0) is 14.3 Å². The Morgan fingerprint density at radius 2 is 2.30 bits per heavy atom. The lowest BCUT2D eigenvalue weighted by Gasteiger charge is -2.27. The van der Waals surface area contributed by atoms with Crippen molar-refractivity contribution in [1.29, 1.82) is 0 Å². The summed E-state index contributed by atoms with van der Waals surface area (Å²) in [5, 5.41) is 0. The zero-order valence-corrected chi connectivity index (χ0v) is 14.9. The first-order valence-corrected chi connectivity index (χ1v) is 8.39. The number of hydrogen-bond acceptors (Lipinski definition) is 5. The highest BCUT2D eigenvalue weighted by molar-refractivity contribution is 9.10. The molecule has 0 saturated carbocycles. The van der Waals surface area contributed by atoms with Crippen LogP contribution in [0, 0.1) is 5.92 Å². The molecule has 2 unspecified atom stereocenters. The van der Waals surface area contributed by atoms with E-state index in [1.54, 1.807) is 24.1 Å². The fraction of sp³-hybridized carbons (Fsp3) is 0.562. The molecule has 0 spiro atoms. The molecule has 1 aromatic rings. The van der Waals surface area contributed by atoms with Crippen molar-refractivity contribution in [3.05, 3.63) is 28.5 Å². The number of carbonyl (C=O) groups excluding carboxylic acids is 2. The van der Waals surface area contributed by atoms with Crippen LogP contribution in [0.4, 0.5) is 0 Å². The molecule has 1 aliphatic heterocycles. The van der Waals surface area contributed by atoms with Gasteiger partial charge in [-0.3, -0.25) is 14.6 Å². The van der Waals surface area contributed by atoms with E-state index in [1.165, 1.54) is 13.3 Å². The number of esters is 1. The number of nitrogens with zero attached hydrogens (tertiary/aromatic N) is 2. The van der Waals surface area contributed by atoms with E-state index < -0.39 is 5.92 Å². The molecule has 6 nitrogen and oxygen atoms in total. The lowest BCUT2D eigenvalue weighted by molar-refractivity contribution is -0.145. The van der Waals surface area contributed by atoms with Gasteiger partial charge in [0.25, 0.3) is 5.91 Å². The number of halogens is 1. The zero-order valence-electron chi connectivity index (χ0n) is 13.3. The van der Waals surface area contributed by atoms with Crippen molar-refractivity contribution in [2.75, 3.05) is 26.8 Å². The molecule has 1 aromatic heterocycles. The number of hydrogen-bond donors (Lipinski definition) is 0. The summed E-state index contributed by atoms with van der Waals surface area (Å²) in [6.07, 6.45) is 5.09. The fourth-order valence-corrected chi connectivity index (χ4v) is 2.96. The van der Waals surface area contributed by atoms with Gasteiger partial charge < -0.3 is 14.4 Å². The van der Waals surface area contributed by atoms with Crippen LogP contribution in [0.1, 0.15) is 30.1 Å². The highest BCUT2D eigenvalue weighted by Gasteiger charge is 2.27. The molecule has 2 rings (SSSR count). The number of ether oxygens (including phenoxy) is 2. The van der Waals surface area contributed by atoms with E-state index in [9.17, 15) is 9.59 Å². The van der Waals surface area contributed by atoms with Crippen LogP contribution in [0.25, 0.3) is 0 Å². The van der Waals surface area contributed by atoms with Gasteiger partial charge >= 0.3 is 5.97 Å². The number of methoxy groups -OCH3 is 1. The zero-order chi connectivity index (χ0) is 16.8. The van der Waals surface area contributed by atoms with Crippen molar-refractivity contribution in [2.24, 2.45) is 5.92 Å². The Balaban J connectivity index is 2.13. The molecule has 0 aliphatic carbocycles. The SMILES string of the molecule is COC(=O)C(C)CN(CC1CCCO1)C(=O)c1cncc(Br)c1. The summed E-state index contributed by atoms with van der Waals surface area (Å²) in [4.78, 5) is 30.2. The molecule has 23 heavy (non-hydrogen) atoms. The van der Waals surface area contributed by atoms with Crippen molar-refractivity contribution in [2.45, 2.75) is 25.9 Å². The summed E-state index contributed by atoms with van der Waals surface area (Å²) in [5.41, 5.74) is 0.481. The van der Waals surface area contributed by atoms with Gasteiger partial charge in [-0.1, -0.05) is 6.92 Å². The van der Waals surface area contributed by atoms with Crippen LogP contribution in [0.5, 0.6) is 0 Å². The van der Waals surface area contributed by atoms with Gasteiger partial charge in [-0.05, 0) is 34.8 Å². The van der Waals surface area contributed by atoms with Gasteiger partial charge in [0.05, 0.1) is 24.7 Å². The molecule has 1 aliphatic rings. The Bertz CT molecular complexity index is 561. The standard InChI is InChI=1S/C16H21BrN2O4/c1-11(16(21)22-2)9-19(10-14-4-3-5-23-14)15(20)12-6-13(17)8-18-7-12/h6-8,11,14H,3-5,9-10H2,1-2H3. The predicted molar refractivity (Wildman–Crippen MR) is 88.0 cm³/mol. The molecule has 2 heterocycles. The molecule has 0 aromatic carbocycles. The molecule has 0 radical (unpaired) electrons. The maximum atomic E-state index is 12.8. The second-order valence-corrected chi connectivity index (χ2v) is 6.58. The fourth-order valence-electron chi connectivity index (χ4n) is 2.59. The predicted octanol–water partition coefficient (Wildman–Crippen LogP) is 2.27. The summed E-state index contributed by atoms with van der Waals surface area (Å²) in [7, 11) is 1.35. The first-order chi connectivity index (χ1) is 11.0. The van der Waals surface area contributed by atoms with Crippen molar-refractivity contribution >= 4 is 27.8 Å². The molecule has 1 fully saturated rings. The third kappa shape index (κ3) is 5.00. The smallest absolute Gasteiger partial charge is 0.310 e. The van der Waals surface area contributed by atoms with Gasteiger partial charge in [0.1, 0.15) is 0 Å². The quantitative estimate of drug-likeness (QED) is 0.703. The van der Waals surface area contributed by atoms with Gasteiger partial charge in [-0.15, -0.1) is 0 Å². The second kappa shape index (κ2) is 8.40. The largest absolute Gasteiger partial charge is 0.469 e. The van der Waals surface area contributed by atoms with E-state index >= 15 is 0 Å². The van der Waals surface area contributed by atoms with Crippen molar-refractivity contribution < 1.29 is 19.1 Å². The first kappa shape index (κ1) is 17.9. The van der Waals surface area contributed by atoms with E-state index in [2.05, 4.69) is 20.9 Å². The van der Waals surface area contributed by atoms with Gasteiger partial charge in [-0.2, -0.15) is 0 Å². The minimum atomic E-state index is -0.398. The van der Waals surface area contributed by atoms with Crippen molar-refractivity contribution in [3.8, 4) is 0 Å². The number of pyridine rings is 1. The Labute approximate surface area is 144 Å². The van der Waals surface area contributed by atoms with Crippen LogP contribution < -0.4 is 0 Å². The second-order valence-electron chi connectivity index (χ2n) is 5.66. The molecule has 1 amide bonds. The maximum absolute atomic E-state index is 12.8. The number of aromatic nitrogens is 1. The summed E-state index contributed by atoms with van der Waals surface area (Å²) in [6, 6.07) is 1.72. The molecule has 7 heteroatoms. The van der Waals surface area contributed by atoms with Crippen LogP contribution >= 0.6 is 15.9 Å². The third-order valence-electron chi connectivity index (χ3n) is 3.78. The summed E-state index contributed by atoms with van der Waals surface area (Å²) < 4.78 is 11.1. The average molecular weight is 385 g/mol. The normalized spacial score (nSPS) is 18.5. The molecule has 126 valence electrons. The minimum Gasteiger partial charge on any atom is -0.469 e. The number of rotatable bonds is 6. The summed E-state index contributed by atoms with van der Waals surface area (Å²) in [5.74, 6) is -0.891. The van der Waals surface area contributed by atoms with E-state index in [0.717, 1.165) is 23.9 Å². The van der Waals surface area contributed by atoms with Crippen LogP contribution in [0.2, 0.25) is 0 Å². The highest BCUT2D eigenvalue weighted by atomic mass is 79.9. The Hall–Kier alpha value is -1.47. The molecule has 0 N–H and O–H groups in total. The lowest BCUT2D eigenvalue weighted by Crippen LogP contribution is -2.41. The van der Waals surface area contributed by atoms with Crippen LogP contribution in [0.3, 0.4) is 0 Å². The van der Waals surface area contributed by atoms with Crippen molar-refractivity contribution in [3.63, 3.8) is 0 Å². The Morgan fingerprint density at radius 1 is 1.52 bits per heavy atom. The maximum Gasteiger partial charge on any atom is 0.310 e. The number of amides is 1. The monoisotopic (exact) mass is 384 g/mol. The van der Waals surface area contributed by atoms with Gasteiger partial charge in [-0.25, -0.2) is 0 Å². The van der Waals surface area contributed by atoms with E-state index in [0.29, 0.717) is 12.1 Å². The molecule has 0 bridgehead atoms. The topological polar surface area (TPSA) is 68.7 Å². The lowest BCUT2D eigenvalue weighted by atomic mass is 10.1. The van der Waals surface area contributed by atoms with Gasteiger partial charge in [0.15, 0.2) is 0 Å². The molecule has 1 saturated heterocycles. The van der Waals surface area contributed by atoms with E-state index in [-0.39, 0.29) is 24.5 Å². The average Bonchev–Trinajstić information content (AvgIpc) is 3.05.